The molecule has 1 unspecified atom stereocenters. The van der Waals surface area contributed by atoms with E-state index in [0.717, 1.165) is 6.29 Å². The molecule has 5 heteroatoms. The monoisotopic (exact) mass is 190 g/mol. The Kier molecular flexibility index (Phi) is 5.74. The molecule has 0 aliphatic heterocycles. The number of likely N-dealkylation sites (N-methyl/N-ethyl adjacent to an activating group) is 1. The molecule has 1 N–H and O–H groups in total. The molecule has 4 nitrogen and oxygen atoms in total. The van der Waals surface area contributed by atoms with E-state index in [1.54, 1.807) is 14.1 Å². The number of thiol groups is 1. The fraction of sp³-hybridized carbons (Fsp3) is 0.714. The maximum Gasteiger partial charge on any atom is 0.240 e. The highest BCUT2D eigenvalue weighted by Crippen LogP contribution is 1.92. The molecule has 1 atom stereocenters. The first-order valence-corrected chi connectivity index (χ1v) is 4.25. The van der Waals surface area contributed by atoms with Gasteiger partial charge in [0.25, 0.3) is 0 Å². The average Bonchev–Trinajstić information content (AvgIpc) is 2.05. The third-order valence-corrected chi connectivity index (χ3v) is 1.73. The van der Waals surface area contributed by atoms with Crippen molar-refractivity contribution < 1.29 is 9.59 Å². The molecule has 70 valence electrons. The van der Waals surface area contributed by atoms with E-state index in [9.17, 15) is 9.59 Å². The van der Waals surface area contributed by atoms with Crippen LogP contribution in [0.15, 0.2) is 0 Å². The number of carbonyl (C=O) groups is 2. The molecule has 0 saturated carbocycles. The fourth-order valence-electron chi connectivity index (χ4n) is 0.732. The van der Waals surface area contributed by atoms with Gasteiger partial charge in [0.1, 0.15) is 6.29 Å². The lowest BCUT2D eigenvalue weighted by atomic mass is 10.3. The van der Waals surface area contributed by atoms with Crippen LogP contribution in [0.25, 0.3) is 0 Å². The fourth-order valence-corrected chi connectivity index (χ4v) is 1.02. The van der Waals surface area contributed by atoms with Crippen LogP contribution in [0.2, 0.25) is 0 Å². The highest BCUT2D eigenvalue weighted by Gasteiger charge is 2.16. The maximum absolute atomic E-state index is 11.3. The van der Waals surface area contributed by atoms with Gasteiger partial charge in [-0.2, -0.15) is 12.6 Å². The molecule has 0 aromatic heterocycles. The van der Waals surface area contributed by atoms with Gasteiger partial charge in [0, 0.05) is 19.8 Å². The van der Waals surface area contributed by atoms with Gasteiger partial charge in [-0.3, -0.25) is 10.1 Å². The standard InChI is InChI=1S/C7H14N2O2S/c1-9(2)7(11)6(5-12)8-3-4-10/h4,6,8,12H,3,5H2,1-2H3. The minimum atomic E-state index is -0.367. The van der Waals surface area contributed by atoms with E-state index in [4.69, 9.17) is 0 Å². The minimum Gasteiger partial charge on any atom is -0.347 e. The predicted molar refractivity (Wildman–Crippen MR) is 50.4 cm³/mol. The number of hydrogen-bond donors (Lipinski definition) is 2. The number of hydrogen-bond acceptors (Lipinski definition) is 4. The molecular weight excluding hydrogens is 176 g/mol. The molecule has 0 aliphatic rings. The Morgan fingerprint density at radius 2 is 2.25 bits per heavy atom. The van der Waals surface area contributed by atoms with Gasteiger partial charge >= 0.3 is 0 Å². The van der Waals surface area contributed by atoms with Crippen molar-refractivity contribution in [2.24, 2.45) is 0 Å². The molecule has 0 aromatic carbocycles. The lowest BCUT2D eigenvalue weighted by molar-refractivity contribution is -0.130. The quantitative estimate of drug-likeness (QED) is 0.439. The molecule has 0 spiro atoms. The van der Waals surface area contributed by atoms with E-state index >= 15 is 0 Å². The number of amides is 1. The molecule has 0 rings (SSSR count). The average molecular weight is 190 g/mol. The van der Waals surface area contributed by atoms with E-state index in [0.29, 0.717) is 5.75 Å². The number of rotatable bonds is 5. The predicted octanol–water partition coefficient (Wildman–Crippen LogP) is -0.839. The van der Waals surface area contributed by atoms with Gasteiger partial charge in [0.05, 0.1) is 12.6 Å². The molecule has 0 aromatic rings. The van der Waals surface area contributed by atoms with Crippen LogP contribution in [0.4, 0.5) is 0 Å². The smallest absolute Gasteiger partial charge is 0.240 e. The summed E-state index contributed by atoms with van der Waals surface area (Å²) in [4.78, 5) is 22.8. The van der Waals surface area contributed by atoms with Crippen molar-refractivity contribution in [3.05, 3.63) is 0 Å². The van der Waals surface area contributed by atoms with E-state index in [2.05, 4.69) is 17.9 Å². The Morgan fingerprint density at radius 1 is 1.67 bits per heavy atom. The van der Waals surface area contributed by atoms with Crippen molar-refractivity contribution in [2.75, 3.05) is 26.4 Å². The van der Waals surface area contributed by atoms with Crippen molar-refractivity contribution >= 4 is 24.8 Å². The van der Waals surface area contributed by atoms with Crippen LogP contribution in [0, 0.1) is 0 Å². The van der Waals surface area contributed by atoms with Gasteiger partial charge in [-0.1, -0.05) is 0 Å². The second kappa shape index (κ2) is 6.02. The Balaban J connectivity index is 3.96. The van der Waals surface area contributed by atoms with Gasteiger partial charge in [0.2, 0.25) is 5.91 Å². The van der Waals surface area contributed by atoms with Crippen LogP contribution >= 0.6 is 12.6 Å². The van der Waals surface area contributed by atoms with Gasteiger partial charge in [0.15, 0.2) is 0 Å². The summed E-state index contributed by atoms with van der Waals surface area (Å²) in [6.45, 7) is 0.185. The Labute approximate surface area is 77.7 Å². The van der Waals surface area contributed by atoms with E-state index in [-0.39, 0.29) is 18.5 Å². The molecule has 0 bridgehead atoms. The maximum atomic E-state index is 11.3. The van der Waals surface area contributed by atoms with E-state index in [1.807, 2.05) is 0 Å². The first-order chi connectivity index (χ1) is 5.63. The second-order valence-electron chi connectivity index (χ2n) is 2.54. The number of carbonyl (C=O) groups excluding carboxylic acids is 2. The van der Waals surface area contributed by atoms with Crippen molar-refractivity contribution in [1.29, 1.82) is 0 Å². The number of nitrogens with zero attached hydrogens (tertiary/aromatic N) is 1. The summed E-state index contributed by atoms with van der Waals surface area (Å²) >= 11 is 4.00. The topological polar surface area (TPSA) is 49.4 Å². The summed E-state index contributed by atoms with van der Waals surface area (Å²) in [6.07, 6.45) is 0.722. The zero-order valence-corrected chi connectivity index (χ0v) is 8.17. The van der Waals surface area contributed by atoms with Crippen molar-refractivity contribution in [3.63, 3.8) is 0 Å². The first kappa shape index (κ1) is 11.4. The molecule has 0 aliphatic carbocycles. The summed E-state index contributed by atoms with van der Waals surface area (Å²) in [6, 6.07) is -0.367. The van der Waals surface area contributed by atoms with Gasteiger partial charge in [-0.15, -0.1) is 0 Å². The van der Waals surface area contributed by atoms with Gasteiger partial charge < -0.3 is 9.69 Å². The van der Waals surface area contributed by atoms with Crippen LogP contribution in [0.3, 0.4) is 0 Å². The summed E-state index contributed by atoms with van der Waals surface area (Å²) < 4.78 is 0. The summed E-state index contributed by atoms with van der Waals surface area (Å²) in [5, 5.41) is 2.76. The summed E-state index contributed by atoms with van der Waals surface area (Å²) in [5.41, 5.74) is 0. The number of aldehydes is 1. The largest absolute Gasteiger partial charge is 0.347 e. The van der Waals surface area contributed by atoms with Crippen LogP contribution in [0.5, 0.6) is 0 Å². The van der Waals surface area contributed by atoms with Gasteiger partial charge in [-0.25, -0.2) is 0 Å². The SMILES string of the molecule is CN(C)C(=O)C(CS)NCC=O. The first-order valence-electron chi connectivity index (χ1n) is 3.62. The third-order valence-electron chi connectivity index (χ3n) is 1.37. The van der Waals surface area contributed by atoms with Crippen LogP contribution < -0.4 is 5.32 Å². The zero-order valence-electron chi connectivity index (χ0n) is 7.28. The highest BCUT2D eigenvalue weighted by molar-refractivity contribution is 7.80. The highest BCUT2D eigenvalue weighted by atomic mass is 32.1. The molecule has 0 saturated heterocycles. The van der Waals surface area contributed by atoms with E-state index in [1.165, 1.54) is 4.90 Å². The molecule has 12 heavy (non-hydrogen) atoms. The van der Waals surface area contributed by atoms with E-state index < -0.39 is 0 Å². The lowest BCUT2D eigenvalue weighted by Crippen LogP contribution is -2.45. The molecular formula is C7H14N2O2S. The van der Waals surface area contributed by atoms with Crippen LogP contribution in [-0.2, 0) is 9.59 Å². The zero-order chi connectivity index (χ0) is 9.56. The summed E-state index contributed by atoms with van der Waals surface area (Å²) in [7, 11) is 3.34. The van der Waals surface area contributed by atoms with Crippen molar-refractivity contribution in [1.82, 2.24) is 10.2 Å². The van der Waals surface area contributed by atoms with Gasteiger partial charge in [-0.05, 0) is 0 Å². The Hall–Kier alpha value is -0.550. The second-order valence-corrected chi connectivity index (χ2v) is 2.91. The Morgan fingerprint density at radius 3 is 2.58 bits per heavy atom. The Bertz CT molecular complexity index is 161. The van der Waals surface area contributed by atoms with Crippen LogP contribution in [0.1, 0.15) is 0 Å². The lowest BCUT2D eigenvalue weighted by Gasteiger charge is -2.18. The molecule has 1 amide bonds. The van der Waals surface area contributed by atoms with Crippen molar-refractivity contribution in [2.45, 2.75) is 6.04 Å². The molecule has 0 radical (unpaired) electrons. The molecule has 0 heterocycles. The number of nitrogens with one attached hydrogen (secondary N) is 1. The van der Waals surface area contributed by atoms with Crippen molar-refractivity contribution in [3.8, 4) is 0 Å². The molecule has 0 fully saturated rings. The summed E-state index contributed by atoms with van der Waals surface area (Å²) in [5.74, 6) is 0.331. The normalized spacial score (nSPS) is 12.2. The third kappa shape index (κ3) is 3.73. The minimum absolute atomic E-state index is 0.0631. The van der Waals surface area contributed by atoms with Crippen LogP contribution in [-0.4, -0.2) is 49.5 Å².